The van der Waals surface area contributed by atoms with Crippen molar-refractivity contribution in [3.8, 4) is 11.3 Å². The van der Waals surface area contributed by atoms with Gasteiger partial charge in [-0.1, -0.05) is 35.9 Å². The van der Waals surface area contributed by atoms with Crippen LogP contribution < -0.4 is 5.43 Å². The van der Waals surface area contributed by atoms with Gasteiger partial charge in [0.05, 0.1) is 10.4 Å². The number of halogens is 1. The van der Waals surface area contributed by atoms with E-state index in [1.165, 1.54) is 0 Å². The van der Waals surface area contributed by atoms with E-state index in [9.17, 15) is 9.59 Å². The zero-order chi connectivity index (χ0) is 18.1. The van der Waals surface area contributed by atoms with Crippen molar-refractivity contribution in [2.45, 2.75) is 0 Å². The van der Waals surface area contributed by atoms with Crippen molar-refractivity contribution in [2.75, 3.05) is 0 Å². The lowest BCUT2D eigenvalue weighted by Crippen LogP contribution is -2.18. The Morgan fingerprint density at radius 2 is 1.73 bits per heavy atom. The first-order chi connectivity index (χ1) is 12.7. The molecule has 2 heterocycles. The minimum atomic E-state index is -0.478. The number of nitrogens with zero attached hydrogens (tertiary/aromatic N) is 1. The van der Waals surface area contributed by atoms with Crippen LogP contribution in [0.5, 0.6) is 0 Å². The second kappa shape index (κ2) is 6.58. The third-order valence-electron chi connectivity index (χ3n) is 4.07. The molecule has 4 nitrogen and oxygen atoms in total. The largest absolute Gasteiger partial charge is 0.455 e. The third-order valence-corrected chi connectivity index (χ3v) is 4.40. The Balaban J connectivity index is 2.07. The molecular formula is C21H12ClNO3. The van der Waals surface area contributed by atoms with E-state index in [2.05, 4.69) is 4.98 Å². The molecule has 4 aromatic rings. The van der Waals surface area contributed by atoms with Gasteiger partial charge in [0, 0.05) is 23.5 Å². The molecule has 5 heteroatoms. The average molecular weight is 362 g/mol. The summed E-state index contributed by atoms with van der Waals surface area (Å²) < 4.78 is 5.94. The van der Waals surface area contributed by atoms with Gasteiger partial charge in [-0.3, -0.25) is 14.6 Å². The molecule has 0 bridgehead atoms. The number of rotatable bonds is 3. The van der Waals surface area contributed by atoms with Crippen molar-refractivity contribution in [2.24, 2.45) is 0 Å². The number of para-hydroxylation sites is 1. The van der Waals surface area contributed by atoms with E-state index in [0.717, 1.165) is 0 Å². The van der Waals surface area contributed by atoms with E-state index in [1.54, 1.807) is 73.1 Å². The Kier molecular flexibility index (Phi) is 4.11. The van der Waals surface area contributed by atoms with Gasteiger partial charge in [0.25, 0.3) is 0 Å². The van der Waals surface area contributed by atoms with E-state index in [-0.39, 0.29) is 21.9 Å². The van der Waals surface area contributed by atoms with Gasteiger partial charge < -0.3 is 4.42 Å². The summed E-state index contributed by atoms with van der Waals surface area (Å²) in [6.07, 6.45) is 3.16. The molecule has 0 radical (unpaired) electrons. The maximum absolute atomic E-state index is 13.2. The molecule has 0 aliphatic carbocycles. The first-order valence-corrected chi connectivity index (χ1v) is 8.30. The maximum Gasteiger partial charge on any atom is 0.204 e. The fourth-order valence-corrected chi connectivity index (χ4v) is 3.05. The van der Waals surface area contributed by atoms with Crippen LogP contribution >= 0.6 is 11.6 Å². The SMILES string of the molecule is O=C(c1ccccc1Cl)c1c(-c2cccnc2)oc2ccccc2c1=O. The van der Waals surface area contributed by atoms with Gasteiger partial charge in [-0.15, -0.1) is 0 Å². The van der Waals surface area contributed by atoms with Gasteiger partial charge in [-0.05, 0) is 36.4 Å². The van der Waals surface area contributed by atoms with Crippen LogP contribution in [-0.4, -0.2) is 10.8 Å². The summed E-state index contributed by atoms with van der Waals surface area (Å²) >= 11 is 6.17. The van der Waals surface area contributed by atoms with Gasteiger partial charge in [0.1, 0.15) is 11.1 Å². The lowest BCUT2D eigenvalue weighted by Gasteiger charge is -2.10. The van der Waals surface area contributed by atoms with Crippen molar-refractivity contribution in [3.05, 3.63) is 99.4 Å². The van der Waals surface area contributed by atoms with E-state index < -0.39 is 11.2 Å². The molecular weight excluding hydrogens is 350 g/mol. The lowest BCUT2D eigenvalue weighted by molar-refractivity contribution is 0.103. The summed E-state index contributed by atoms with van der Waals surface area (Å²) in [5, 5.41) is 0.623. The second-order valence-corrected chi connectivity index (χ2v) is 6.09. The molecule has 2 aromatic heterocycles. The van der Waals surface area contributed by atoms with Crippen LogP contribution in [0.3, 0.4) is 0 Å². The van der Waals surface area contributed by atoms with Crippen molar-refractivity contribution in [3.63, 3.8) is 0 Å². The number of benzene rings is 2. The van der Waals surface area contributed by atoms with Gasteiger partial charge in [-0.25, -0.2) is 0 Å². The molecule has 0 atom stereocenters. The highest BCUT2D eigenvalue weighted by Gasteiger charge is 2.24. The summed E-state index contributed by atoms with van der Waals surface area (Å²) in [6.45, 7) is 0. The summed E-state index contributed by atoms with van der Waals surface area (Å²) in [5.41, 5.74) is 0.764. The normalized spacial score (nSPS) is 10.8. The zero-order valence-electron chi connectivity index (χ0n) is 13.5. The fourth-order valence-electron chi connectivity index (χ4n) is 2.83. The number of pyridine rings is 1. The predicted octanol–water partition coefficient (Wildman–Crippen LogP) is 4.74. The number of ketones is 1. The van der Waals surface area contributed by atoms with E-state index in [4.69, 9.17) is 16.0 Å². The highest BCUT2D eigenvalue weighted by molar-refractivity contribution is 6.35. The summed E-state index contributed by atoms with van der Waals surface area (Å²) in [4.78, 5) is 30.3. The Hall–Kier alpha value is -3.24. The molecule has 0 fully saturated rings. The fraction of sp³-hybridized carbons (Fsp3) is 0. The van der Waals surface area contributed by atoms with Crippen LogP contribution in [0.4, 0.5) is 0 Å². The second-order valence-electron chi connectivity index (χ2n) is 5.68. The van der Waals surface area contributed by atoms with E-state index in [1.807, 2.05) is 0 Å². The monoisotopic (exact) mass is 361 g/mol. The Bertz CT molecular complexity index is 1180. The van der Waals surface area contributed by atoms with E-state index >= 15 is 0 Å². The summed E-state index contributed by atoms with van der Waals surface area (Å²) in [5.74, 6) is -0.291. The minimum Gasteiger partial charge on any atom is -0.455 e. The van der Waals surface area contributed by atoms with Gasteiger partial charge in [-0.2, -0.15) is 0 Å². The molecule has 0 unspecified atom stereocenters. The lowest BCUT2D eigenvalue weighted by atomic mass is 9.98. The standard InChI is InChI=1S/C21H12ClNO3/c22-16-9-3-1-7-14(16)19(24)18-20(25)15-8-2-4-10-17(15)26-21(18)13-6-5-11-23-12-13/h1-12H. The molecule has 0 amide bonds. The molecule has 0 aliphatic heterocycles. The highest BCUT2D eigenvalue weighted by atomic mass is 35.5. The predicted molar refractivity (Wildman–Crippen MR) is 101 cm³/mol. The number of hydrogen-bond acceptors (Lipinski definition) is 4. The smallest absolute Gasteiger partial charge is 0.204 e. The summed E-state index contributed by atoms with van der Waals surface area (Å²) in [7, 11) is 0. The van der Waals surface area contributed by atoms with Crippen LogP contribution in [0, 0.1) is 0 Å². The van der Waals surface area contributed by atoms with Gasteiger partial charge >= 0.3 is 0 Å². The zero-order valence-corrected chi connectivity index (χ0v) is 14.2. The molecule has 26 heavy (non-hydrogen) atoms. The third kappa shape index (κ3) is 2.70. The average Bonchev–Trinajstić information content (AvgIpc) is 2.68. The van der Waals surface area contributed by atoms with Crippen molar-refractivity contribution in [1.29, 1.82) is 0 Å². The molecule has 4 rings (SSSR count). The Morgan fingerprint density at radius 1 is 0.962 bits per heavy atom. The van der Waals surface area contributed by atoms with Crippen LogP contribution in [0.2, 0.25) is 5.02 Å². The number of hydrogen-bond donors (Lipinski definition) is 0. The molecule has 0 saturated heterocycles. The molecule has 0 aliphatic rings. The van der Waals surface area contributed by atoms with Crippen molar-refractivity contribution < 1.29 is 9.21 Å². The number of aromatic nitrogens is 1. The quantitative estimate of drug-likeness (QED) is 0.494. The van der Waals surface area contributed by atoms with Crippen molar-refractivity contribution >= 4 is 28.4 Å². The van der Waals surface area contributed by atoms with Crippen molar-refractivity contribution in [1.82, 2.24) is 4.98 Å². The Labute approximate surface area is 153 Å². The Morgan fingerprint density at radius 3 is 2.50 bits per heavy atom. The minimum absolute atomic E-state index is 0.0511. The van der Waals surface area contributed by atoms with Gasteiger partial charge in [0.15, 0.2) is 5.76 Å². The van der Waals surface area contributed by atoms with Crippen LogP contribution in [0.1, 0.15) is 15.9 Å². The molecule has 0 N–H and O–H groups in total. The summed E-state index contributed by atoms with van der Waals surface area (Å²) in [6, 6.07) is 16.9. The molecule has 126 valence electrons. The highest BCUT2D eigenvalue weighted by Crippen LogP contribution is 2.28. The number of carbonyl (C=O) groups is 1. The molecule has 2 aromatic carbocycles. The number of carbonyl (C=O) groups excluding carboxylic acids is 1. The van der Waals surface area contributed by atoms with Crippen LogP contribution in [0.25, 0.3) is 22.3 Å². The molecule has 0 spiro atoms. The van der Waals surface area contributed by atoms with E-state index in [0.29, 0.717) is 16.5 Å². The maximum atomic E-state index is 13.2. The first-order valence-electron chi connectivity index (χ1n) is 7.92. The number of fused-ring (bicyclic) bond motifs is 1. The van der Waals surface area contributed by atoms with Crippen LogP contribution in [0.15, 0.2) is 82.3 Å². The van der Waals surface area contributed by atoms with Gasteiger partial charge in [0.2, 0.25) is 11.2 Å². The topological polar surface area (TPSA) is 60.2 Å². The molecule has 0 saturated carbocycles. The van der Waals surface area contributed by atoms with Crippen LogP contribution in [-0.2, 0) is 0 Å². The first kappa shape index (κ1) is 16.2.